The number of hydrogen-bond donors (Lipinski definition) is 4. The van der Waals surface area contributed by atoms with Crippen LogP contribution in [-0.4, -0.2) is 46.7 Å². The molecule has 2 amide bonds. The lowest BCUT2D eigenvalue weighted by Crippen LogP contribution is -2.42. The first-order chi connectivity index (χ1) is 7.50. The summed E-state index contributed by atoms with van der Waals surface area (Å²) in [5.41, 5.74) is 0. The van der Waals surface area contributed by atoms with E-state index in [9.17, 15) is 14.4 Å². The maximum atomic E-state index is 11.4. The van der Waals surface area contributed by atoms with E-state index in [1.807, 2.05) is 0 Å². The Hall–Kier alpha value is -1.63. The molecule has 0 aromatic heterocycles. The normalized spacial score (nSPS) is 21.3. The summed E-state index contributed by atoms with van der Waals surface area (Å²) in [6.07, 6.45) is -0.748. The average molecular weight is 230 g/mol. The van der Waals surface area contributed by atoms with E-state index in [4.69, 9.17) is 10.2 Å². The van der Waals surface area contributed by atoms with E-state index in [-0.39, 0.29) is 24.8 Å². The van der Waals surface area contributed by atoms with Crippen LogP contribution in [0.25, 0.3) is 0 Å². The summed E-state index contributed by atoms with van der Waals surface area (Å²) in [4.78, 5) is 32.5. The van der Waals surface area contributed by atoms with Gasteiger partial charge in [0.15, 0.2) is 6.10 Å². The van der Waals surface area contributed by atoms with Gasteiger partial charge in [0.1, 0.15) is 6.04 Å². The molecule has 1 aliphatic heterocycles. The second-order valence-corrected chi connectivity index (χ2v) is 3.59. The Bertz CT molecular complexity index is 304. The molecule has 1 rings (SSSR count). The molecule has 1 heterocycles. The van der Waals surface area contributed by atoms with Gasteiger partial charge in [-0.15, -0.1) is 0 Å². The molecular formula is C9H14N2O5. The van der Waals surface area contributed by atoms with E-state index in [0.29, 0.717) is 12.8 Å². The molecule has 1 unspecified atom stereocenters. The molecular weight excluding hydrogens is 216 g/mol. The fourth-order valence-corrected chi connectivity index (χ4v) is 1.39. The van der Waals surface area contributed by atoms with E-state index in [0.717, 1.165) is 0 Å². The Morgan fingerprint density at radius 1 is 1.56 bits per heavy atom. The molecule has 16 heavy (non-hydrogen) atoms. The third-order valence-electron chi connectivity index (χ3n) is 2.31. The molecule has 0 spiro atoms. The molecule has 90 valence electrons. The fourth-order valence-electron chi connectivity index (χ4n) is 1.39. The van der Waals surface area contributed by atoms with Crippen molar-refractivity contribution in [1.82, 2.24) is 10.6 Å². The third-order valence-corrected chi connectivity index (χ3v) is 2.31. The van der Waals surface area contributed by atoms with E-state index in [1.54, 1.807) is 0 Å². The smallest absolute Gasteiger partial charge is 0.332 e. The minimum absolute atomic E-state index is 0.0538. The van der Waals surface area contributed by atoms with Crippen LogP contribution in [0.3, 0.4) is 0 Å². The van der Waals surface area contributed by atoms with Crippen LogP contribution >= 0.6 is 0 Å². The summed E-state index contributed by atoms with van der Waals surface area (Å²) in [5.74, 6) is -1.82. The Morgan fingerprint density at radius 2 is 2.25 bits per heavy atom. The predicted octanol–water partition coefficient (Wildman–Crippen LogP) is -1.78. The van der Waals surface area contributed by atoms with Gasteiger partial charge in [-0.1, -0.05) is 0 Å². The summed E-state index contributed by atoms with van der Waals surface area (Å²) in [5, 5.41) is 22.2. The van der Waals surface area contributed by atoms with E-state index >= 15 is 0 Å². The summed E-state index contributed by atoms with van der Waals surface area (Å²) >= 11 is 0. The second-order valence-electron chi connectivity index (χ2n) is 3.59. The minimum atomic E-state index is -1.47. The van der Waals surface area contributed by atoms with Gasteiger partial charge in [-0.05, 0) is 6.42 Å². The van der Waals surface area contributed by atoms with E-state index in [1.165, 1.54) is 0 Å². The fraction of sp³-hybridized carbons (Fsp3) is 0.667. The number of carbonyl (C=O) groups excluding carboxylic acids is 2. The number of carbonyl (C=O) groups is 3. The summed E-state index contributed by atoms with van der Waals surface area (Å²) < 4.78 is 0. The van der Waals surface area contributed by atoms with E-state index < -0.39 is 18.1 Å². The quantitative estimate of drug-likeness (QED) is 0.445. The van der Waals surface area contributed by atoms with Crippen molar-refractivity contribution in [3.05, 3.63) is 0 Å². The summed E-state index contributed by atoms with van der Waals surface area (Å²) in [6.45, 7) is 0.0681. The highest BCUT2D eigenvalue weighted by molar-refractivity contribution is 5.90. The van der Waals surface area contributed by atoms with Crippen molar-refractivity contribution in [2.45, 2.75) is 31.4 Å². The number of amides is 2. The number of rotatable bonds is 5. The highest BCUT2D eigenvalue weighted by Crippen LogP contribution is 2.06. The number of aliphatic hydroxyl groups is 1. The molecule has 1 aliphatic rings. The van der Waals surface area contributed by atoms with Crippen molar-refractivity contribution >= 4 is 17.8 Å². The number of aliphatic hydroxyl groups excluding tert-OH is 1. The molecule has 0 aromatic rings. The van der Waals surface area contributed by atoms with Gasteiger partial charge in [0, 0.05) is 19.4 Å². The van der Waals surface area contributed by atoms with Gasteiger partial charge in [0.2, 0.25) is 11.8 Å². The van der Waals surface area contributed by atoms with Crippen LogP contribution in [0.5, 0.6) is 0 Å². The van der Waals surface area contributed by atoms with E-state index in [2.05, 4.69) is 10.6 Å². The molecule has 0 aliphatic carbocycles. The molecule has 1 fully saturated rings. The molecule has 0 saturated carbocycles. The van der Waals surface area contributed by atoms with Gasteiger partial charge in [-0.2, -0.15) is 0 Å². The van der Waals surface area contributed by atoms with Crippen molar-refractivity contribution in [2.75, 3.05) is 6.54 Å². The maximum Gasteiger partial charge on any atom is 0.332 e. The first-order valence-corrected chi connectivity index (χ1v) is 4.98. The monoisotopic (exact) mass is 230 g/mol. The second kappa shape index (κ2) is 5.45. The number of carboxylic acids is 1. The SMILES string of the molecule is O=C1CCC(C(=O)NCC[C@H](O)C(=O)O)N1. The number of nitrogens with one attached hydrogen (secondary N) is 2. The maximum absolute atomic E-state index is 11.4. The zero-order valence-electron chi connectivity index (χ0n) is 8.60. The molecule has 2 atom stereocenters. The minimum Gasteiger partial charge on any atom is -0.479 e. The third kappa shape index (κ3) is 3.50. The summed E-state index contributed by atoms with van der Waals surface area (Å²) in [7, 11) is 0. The van der Waals surface area contributed by atoms with Gasteiger partial charge in [0.05, 0.1) is 0 Å². The Kier molecular flexibility index (Phi) is 4.24. The highest BCUT2D eigenvalue weighted by Gasteiger charge is 2.26. The zero-order chi connectivity index (χ0) is 12.1. The molecule has 7 nitrogen and oxygen atoms in total. The first-order valence-electron chi connectivity index (χ1n) is 4.98. The Morgan fingerprint density at radius 3 is 2.75 bits per heavy atom. The van der Waals surface area contributed by atoms with Gasteiger partial charge in [-0.25, -0.2) is 4.79 Å². The Labute approximate surface area is 91.8 Å². The Balaban J connectivity index is 2.20. The van der Waals surface area contributed by atoms with Crippen molar-refractivity contribution in [3.63, 3.8) is 0 Å². The van der Waals surface area contributed by atoms with Gasteiger partial charge < -0.3 is 20.8 Å². The average Bonchev–Trinajstić information content (AvgIpc) is 2.64. The van der Waals surface area contributed by atoms with Crippen LogP contribution in [0.15, 0.2) is 0 Å². The molecule has 7 heteroatoms. The number of carboxylic acid groups (broad SMARTS) is 1. The van der Waals surface area contributed by atoms with Gasteiger partial charge >= 0.3 is 5.97 Å². The predicted molar refractivity (Wildman–Crippen MR) is 52.4 cm³/mol. The largest absolute Gasteiger partial charge is 0.479 e. The lowest BCUT2D eigenvalue weighted by Gasteiger charge is -2.11. The highest BCUT2D eigenvalue weighted by atomic mass is 16.4. The first kappa shape index (κ1) is 12.4. The molecule has 1 saturated heterocycles. The standard InChI is InChI=1S/C9H14N2O5/c12-6(9(15)16)3-4-10-8(14)5-1-2-7(13)11-5/h5-6,12H,1-4H2,(H,10,14)(H,11,13)(H,15,16)/t5?,6-/m0/s1. The van der Waals surface area contributed by atoms with Crippen molar-refractivity contribution < 1.29 is 24.6 Å². The van der Waals surface area contributed by atoms with Crippen molar-refractivity contribution in [2.24, 2.45) is 0 Å². The zero-order valence-corrected chi connectivity index (χ0v) is 8.60. The topological polar surface area (TPSA) is 116 Å². The number of aliphatic carboxylic acids is 1. The van der Waals surface area contributed by atoms with Gasteiger partial charge in [0.25, 0.3) is 0 Å². The molecule has 4 N–H and O–H groups in total. The van der Waals surface area contributed by atoms with Gasteiger partial charge in [-0.3, -0.25) is 9.59 Å². The van der Waals surface area contributed by atoms with Crippen LogP contribution in [0.1, 0.15) is 19.3 Å². The van der Waals surface area contributed by atoms with Crippen molar-refractivity contribution in [3.8, 4) is 0 Å². The van der Waals surface area contributed by atoms with Crippen LogP contribution in [0.2, 0.25) is 0 Å². The lowest BCUT2D eigenvalue weighted by atomic mass is 10.2. The van der Waals surface area contributed by atoms with Crippen molar-refractivity contribution in [1.29, 1.82) is 0 Å². The number of hydrogen-bond acceptors (Lipinski definition) is 4. The van der Waals surface area contributed by atoms with Crippen LogP contribution in [0.4, 0.5) is 0 Å². The summed E-state index contributed by atoms with van der Waals surface area (Å²) in [6, 6.07) is -0.533. The lowest BCUT2D eigenvalue weighted by molar-refractivity contribution is -0.147. The molecule has 0 bridgehead atoms. The molecule has 0 radical (unpaired) electrons. The van der Waals surface area contributed by atoms with Crippen LogP contribution in [-0.2, 0) is 14.4 Å². The molecule has 0 aromatic carbocycles. The van der Waals surface area contributed by atoms with Crippen LogP contribution < -0.4 is 10.6 Å². The van der Waals surface area contributed by atoms with Crippen LogP contribution in [0, 0.1) is 0 Å².